The van der Waals surface area contributed by atoms with Crippen molar-refractivity contribution in [1.82, 2.24) is 9.55 Å². The Labute approximate surface area is 105 Å². The molecule has 7 heteroatoms. The summed E-state index contributed by atoms with van der Waals surface area (Å²) >= 11 is 0. The molecule has 0 spiro atoms. The number of carboxylic acid groups (broad SMARTS) is 1. The van der Waals surface area contributed by atoms with Crippen LogP contribution >= 0.6 is 0 Å². The van der Waals surface area contributed by atoms with Crippen molar-refractivity contribution in [3.63, 3.8) is 0 Å². The molecule has 2 aromatic rings. The summed E-state index contributed by atoms with van der Waals surface area (Å²) in [7, 11) is 1.33. The van der Waals surface area contributed by atoms with E-state index in [0.717, 1.165) is 22.9 Å². The van der Waals surface area contributed by atoms with E-state index in [1.54, 1.807) is 0 Å². The number of rotatable bonds is 2. The van der Waals surface area contributed by atoms with Crippen LogP contribution in [0.4, 0.5) is 8.78 Å². The fraction of sp³-hybridized carbons (Fsp3) is 0.0833. The van der Waals surface area contributed by atoms with E-state index in [0.29, 0.717) is 6.07 Å². The summed E-state index contributed by atoms with van der Waals surface area (Å²) in [6.45, 7) is 0. The predicted molar refractivity (Wildman–Crippen MR) is 61.8 cm³/mol. The Bertz CT molecular complexity index is 725. The van der Waals surface area contributed by atoms with E-state index < -0.39 is 23.3 Å². The van der Waals surface area contributed by atoms with Crippen molar-refractivity contribution in [2.45, 2.75) is 0 Å². The van der Waals surface area contributed by atoms with E-state index in [1.807, 2.05) is 0 Å². The van der Waals surface area contributed by atoms with Crippen LogP contribution in [0.25, 0.3) is 11.3 Å². The SMILES string of the molecule is Cn1cc(C(=O)O)c(-c2ccc(F)cc2F)nc1=O. The first-order valence-electron chi connectivity index (χ1n) is 5.16. The molecule has 0 unspecified atom stereocenters. The summed E-state index contributed by atoms with van der Waals surface area (Å²) in [6.07, 6.45) is 1.04. The largest absolute Gasteiger partial charge is 0.478 e. The van der Waals surface area contributed by atoms with Crippen LogP contribution in [0.2, 0.25) is 0 Å². The van der Waals surface area contributed by atoms with Crippen molar-refractivity contribution < 1.29 is 18.7 Å². The van der Waals surface area contributed by atoms with Gasteiger partial charge in [-0.3, -0.25) is 0 Å². The van der Waals surface area contributed by atoms with Gasteiger partial charge >= 0.3 is 11.7 Å². The van der Waals surface area contributed by atoms with Crippen LogP contribution in [0.1, 0.15) is 10.4 Å². The first kappa shape index (κ1) is 12.9. The second-order valence-corrected chi connectivity index (χ2v) is 3.83. The molecule has 0 aliphatic heterocycles. The van der Waals surface area contributed by atoms with Crippen molar-refractivity contribution in [3.8, 4) is 11.3 Å². The van der Waals surface area contributed by atoms with Crippen molar-refractivity contribution in [2.24, 2.45) is 7.05 Å². The Balaban J connectivity index is 2.77. The number of halogens is 2. The average molecular weight is 266 g/mol. The van der Waals surface area contributed by atoms with Crippen LogP contribution < -0.4 is 5.69 Å². The molecule has 0 saturated heterocycles. The van der Waals surface area contributed by atoms with Crippen LogP contribution in [0.5, 0.6) is 0 Å². The molecule has 0 aliphatic carbocycles. The molecule has 0 radical (unpaired) electrons. The lowest BCUT2D eigenvalue weighted by Gasteiger charge is -2.07. The number of carbonyl (C=O) groups is 1. The minimum Gasteiger partial charge on any atom is -0.478 e. The Hall–Kier alpha value is -2.57. The van der Waals surface area contributed by atoms with Gasteiger partial charge in [-0.2, -0.15) is 4.98 Å². The van der Waals surface area contributed by atoms with Crippen LogP contribution in [-0.4, -0.2) is 20.6 Å². The summed E-state index contributed by atoms with van der Waals surface area (Å²) < 4.78 is 27.4. The molecule has 0 saturated carbocycles. The highest BCUT2D eigenvalue weighted by Crippen LogP contribution is 2.23. The van der Waals surface area contributed by atoms with Gasteiger partial charge in [0.2, 0.25) is 0 Å². The van der Waals surface area contributed by atoms with E-state index in [-0.39, 0.29) is 16.8 Å². The third-order valence-corrected chi connectivity index (χ3v) is 2.50. The van der Waals surface area contributed by atoms with E-state index in [9.17, 15) is 18.4 Å². The molecule has 1 N–H and O–H groups in total. The average Bonchev–Trinajstić information content (AvgIpc) is 2.32. The number of hydrogen-bond acceptors (Lipinski definition) is 3. The maximum absolute atomic E-state index is 13.6. The number of hydrogen-bond donors (Lipinski definition) is 1. The second-order valence-electron chi connectivity index (χ2n) is 3.83. The monoisotopic (exact) mass is 266 g/mol. The number of carboxylic acids is 1. The highest BCUT2D eigenvalue weighted by Gasteiger charge is 2.18. The first-order valence-corrected chi connectivity index (χ1v) is 5.16. The number of aromatic carboxylic acids is 1. The third kappa shape index (κ3) is 2.35. The van der Waals surface area contributed by atoms with Gasteiger partial charge in [0.25, 0.3) is 0 Å². The van der Waals surface area contributed by atoms with Gasteiger partial charge in [-0.1, -0.05) is 0 Å². The maximum Gasteiger partial charge on any atom is 0.347 e. The Morgan fingerprint density at radius 2 is 2.05 bits per heavy atom. The van der Waals surface area contributed by atoms with Gasteiger partial charge in [0, 0.05) is 24.9 Å². The van der Waals surface area contributed by atoms with Crippen LogP contribution in [0.15, 0.2) is 29.2 Å². The van der Waals surface area contributed by atoms with Gasteiger partial charge in [0.1, 0.15) is 17.2 Å². The normalized spacial score (nSPS) is 10.5. The van der Waals surface area contributed by atoms with Gasteiger partial charge in [-0.15, -0.1) is 0 Å². The van der Waals surface area contributed by atoms with Crippen LogP contribution in [-0.2, 0) is 7.05 Å². The minimum atomic E-state index is -1.36. The highest BCUT2D eigenvalue weighted by molar-refractivity contribution is 5.94. The molecule has 0 fully saturated rings. The standard InChI is InChI=1S/C12H8F2N2O3/c1-16-5-8(11(17)18)10(15-12(16)19)7-3-2-6(13)4-9(7)14/h2-5H,1H3,(H,17,18). The summed E-state index contributed by atoms with van der Waals surface area (Å²) in [5, 5.41) is 9.04. The van der Waals surface area contributed by atoms with Gasteiger partial charge < -0.3 is 9.67 Å². The van der Waals surface area contributed by atoms with E-state index in [2.05, 4.69) is 4.98 Å². The lowest BCUT2D eigenvalue weighted by atomic mass is 10.1. The van der Waals surface area contributed by atoms with Gasteiger partial charge in [0.15, 0.2) is 0 Å². The maximum atomic E-state index is 13.6. The molecule has 1 heterocycles. The predicted octanol–water partition coefficient (Wildman–Crippen LogP) is 1.42. The molecule has 0 aliphatic rings. The molecule has 19 heavy (non-hydrogen) atoms. The Morgan fingerprint density at radius 1 is 1.37 bits per heavy atom. The molecule has 2 rings (SSSR count). The van der Waals surface area contributed by atoms with Crippen molar-refractivity contribution >= 4 is 5.97 Å². The third-order valence-electron chi connectivity index (χ3n) is 2.50. The molecule has 98 valence electrons. The van der Waals surface area contributed by atoms with E-state index in [4.69, 9.17) is 5.11 Å². The number of aryl methyl sites for hydroxylation is 1. The minimum absolute atomic E-state index is 0.239. The number of nitrogens with zero attached hydrogens (tertiary/aromatic N) is 2. The zero-order valence-electron chi connectivity index (χ0n) is 9.72. The summed E-state index contributed by atoms with van der Waals surface area (Å²) in [5.74, 6) is -3.15. The number of aromatic nitrogens is 2. The van der Waals surface area contributed by atoms with Crippen LogP contribution in [0.3, 0.4) is 0 Å². The fourth-order valence-corrected chi connectivity index (χ4v) is 1.59. The highest BCUT2D eigenvalue weighted by atomic mass is 19.1. The molecule has 5 nitrogen and oxygen atoms in total. The smallest absolute Gasteiger partial charge is 0.347 e. The van der Waals surface area contributed by atoms with Gasteiger partial charge in [-0.05, 0) is 12.1 Å². The van der Waals surface area contributed by atoms with E-state index in [1.165, 1.54) is 7.05 Å². The summed E-state index contributed by atoms with van der Waals surface area (Å²) in [4.78, 5) is 26.0. The first-order chi connectivity index (χ1) is 8.90. The van der Waals surface area contributed by atoms with Crippen molar-refractivity contribution in [1.29, 1.82) is 0 Å². The van der Waals surface area contributed by atoms with Crippen molar-refractivity contribution in [2.75, 3.05) is 0 Å². The van der Waals surface area contributed by atoms with Gasteiger partial charge in [0.05, 0.1) is 5.69 Å². The topological polar surface area (TPSA) is 72.2 Å². The molecule has 1 aromatic heterocycles. The molecule has 0 atom stereocenters. The van der Waals surface area contributed by atoms with E-state index >= 15 is 0 Å². The molecule has 1 aromatic carbocycles. The summed E-state index contributed by atoms with van der Waals surface area (Å²) in [6, 6.07) is 2.60. The lowest BCUT2D eigenvalue weighted by Crippen LogP contribution is -2.23. The summed E-state index contributed by atoms with van der Waals surface area (Å²) in [5.41, 5.74) is -1.64. The molecule has 0 bridgehead atoms. The zero-order chi connectivity index (χ0) is 14.2. The quantitative estimate of drug-likeness (QED) is 0.892. The molecular weight excluding hydrogens is 258 g/mol. The number of benzene rings is 1. The lowest BCUT2D eigenvalue weighted by molar-refractivity contribution is 0.0696. The van der Waals surface area contributed by atoms with Crippen LogP contribution in [0, 0.1) is 11.6 Å². The zero-order valence-corrected chi connectivity index (χ0v) is 9.72. The second kappa shape index (κ2) is 4.60. The Morgan fingerprint density at radius 3 is 2.63 bits per heavy atom. The molecular formula is C12H8F2N2O3. The Kier molecular flexibility index (Phi) is 3.12. The van der Waals surface area contributed by atoms with Crippen molar-refractivity contribution in [3.05, 3.63) is 52.1 Å². The fourth-order valence-electron chi connectivity index (χ4n) is 1.59. The molecule has 0 amide bonds. The van der Waals surface area contributed by atoms with Gasteiger partial charge in [-0.25, -0.2) is 18.4 Å².